The molecule has 2 rings (SSSR count). The van der Waals surface area contributed by atoms with Gasteiger partial charge in [-0.3, -0.25) is 0 Å². The average molecular weight is 338 g/mol. The van der Waals surface area contributed by atoms with Crippen molar-refractivity contribution in [2.45, 2.75) is 31.5 Å². The average Bonchev–Trinajstić information content (AvgIpc) is 2.77. The molecule has 1 aromatic carbocycles. The minimum atomic E-state index is -4.34. The van der Waals surface area contributed by atoms with E-state index in [-0.39, 0.29) is 12.0 Å². The van der Waals surface area contributed by atoms with Gasteiger partial charge in [0.2, 0.25) is 0 Å². The smallest absolute Gasteiger partial charge is 0.416 e. The first-order valence-electron chi connectivity index (χ1n) is 6.15. The monoisotopic (exact) mass is 337 g/mol. The van der Waals surface area contributed by atoms with Crippen LogP contribution < -0.4 is 10.5 Å². The molecule has 0 spiro atoms. The molecule has 1 saturated carbocycles. The summed E-state index contributed by atoms with van der Waals surface area (Å²) in [5, 5.41) is 0. The molecule has 0 aliphatic heterocycles. The summed E-state index contributed by atoms with van der Waals surface area (Å²) in [6.07, 6.45) is -1.38. The Labute approximate surface area is 118 Å². The molecule has 2 nitrogen and oxygen atoms in total. The lowest BCUT2D eigenvalue weighted by atomic mass is 10.1. The number of alkyl halides is 3. The van der Waals surface area contributed by atoms with Gasteiger partial charge in [0, 0.05) is 5.92 Å². The molecular formula is C13H15BrF3NO. The van der Waals surface area contributed by atoms with Gasteiger partial charge in [0.05, 0.1) is 10.0 Å². The van der Waals surface area contributed by atoms with Gasteiger partial charge in [0.15, 0.2) is 0 Å². The topological polar surface area (TPSA) is 35.2 Å². The molecule has 0 aromatic heterocycles. The van der Waals surface area contributed by atoms with Crippen LogP contribution in [0.2, 0.25) is 0 Å². The van der Waals surface area contributed by atoms with Crippen molar-refractivity contribution in [3.63, 3.8) is 0 Å². The molecule has 1 aliphatic rings. The molecule has 6 heteroatoms. The lowest BCUT2D eigenvalue weighted by Gasteiger charge is -2.21. The zero-order valence-corrected chi connectivity index (χ0v) is 11.8. The Morgan fingerprint density at radius 3 is 2.63 bits per heavy atom. The third-order valence-electron chi connectivity index (χ3n) is 3.43. The van der Waals surface area contributed by atoms with Gasteiger partial charge >= 0.3 is 6.18 Å². The van der Waals surface area contributed by atoms with Crippen molar-refractivity contribution in [3.05, 3.63) is 28.2 Å². The van der Waals surface area contributed by atoms with E-state index in [1.165, 1.54) is 6.07 Å². The maximum absolute atomic E-state index is 12.5. The third-order valence-corrected chi connectivity index (χ3v) is 4.05. The van der Waals surface area contributed by atoms with E-state index in [2.05, 4.69) is 15.9 Å². The number of hydrogen-bond donors (Lipinski definition) is 1. The molecule has 2 unspecified atom stereocenters. The second-order valence-corrected chi connectivity index (χ2v) is 5.58. The Hall–Kier alpha value is -0.750. The minimum Gasteiger partial charge on any atom is -0.489 e. The lowest BCUT2D eigenvalue weighted by molar-refractivity contribution is -0.137. The van der Waals surface area contributed by atoms with E-state index in [0.717, 1.165) is 31.4 Å². The van der Waals surface area contributed by atoms with Crippen molar-refractivity contribution in [1.29, 1.82) is 0 Å². The highest BCUT2D eigenvalue weighted by molar-refractivity contribution is 9.10. The van der Waals surface area contributed by atoms with Gasteiger partial charge in [-0.05, 0) is 59.9 Å². The molecule has 1 aliphatic carbocycles. The fourth-order valence-corrected chi connectivity index (χ4v) is 2.84. The number of ether oxygens (including phenoxy) is 1. The molecule has 0 heterocycles. The second kappa shape index (κ2) is 5.71. The SMILES string of the molecule is NCC1CCCC1Oc1ccc(C(F)(F)F)cc1Br. The van der Waals surface area contributed by atoms with E-state index in [1.54, 1.807) is 0 Å². The van der Waals surface area contributed by atoms with Gasteiger partial charge in [0.25, 0.3) is 0 Å². The van der Waals surface area contributed by atoms with Crippen LogP contribution in [-0.4, -0.2) is 12.6 Å². The fourth-order valence-electron chi connectivity index (χ4n) is 2.36. The Morgan fingerprint density at radius 2 is 2.05 bits per heavy atom. The molecule has 106 valence electrons. The van der Waals surface area contributed by atoms with E-state index in [0.29, 0.717) is 16.8 Å². The number of benzene rings is 1. The van der Waals surface area contributed by atoms with Crippen molar-refractivity contribution in [2.24, 2.45) is 11.7 Å². The summed E-state index contributed by atoms with van der Waals surface area (Å²) in [5.41, 5.74) is 4.97. The molecule has 0 bridgehead atoms. The van der Waals surface area contributed by atoms with E-state index in [4.69, 9.17) is 10.5 Å². The minimum absolute atomic E-state index is 0.00182. The maximum atomic E-state index is 12.5. The summed E-state index contributed by atoms with van der Waals surface area (Å²) in [4.78, 5) is 0. The highest BCUT2D eigenvalue weighted by Crippen LogP contribution is 2.37. The van der Waals surface area contributed by atoms with Crippen molar-refractivity contribution in [3.8, 4) is 5.75 Å². The Kier molecular flexibility index (Phi) is 4.40. The standard InChI is InChI=1S/C13H15BrF3NO/c14-10-6-9(13(15,16)17)4-5-12(10)19-11-3-1-2-8(11)7-18/h4-6,8,11H,1-3,7,18H2. The summed E-state index contributed by atoms with van der Waals surface area (Å²) in [5.74, 6) is 0.729. The van der Waals surface area contributed by atoms with Gasteiger partial charge in [-0.25, -0.2) is 0 Å². The normalized spacial score (nSPS) is 23.6. The molecule has 2 N–H and O–H groups in total. The fraction of sp³-hybridized carbons (Fsp3) is 0.538. The van der Waals surface area contributed by atoms with Crippen LogP contribution in [0.3, 0.4) is 0 Å². The van der Waals surface area contributed by atoms with E-state index in [9.17, 15) is 13.2 Å². The summed E-state index contributed by atoms with van der Waals surface area (Å²) < 4.78 is 43.7. The van der Waals surface area contributed by atoms with Crippen molar-refractivity contribution in [1.82, 2.24) is 0 Å². The number of nitrogens with two attached hydrogens (primary N) is 1. The van der Waals surface area contributed by atoms with Gasteiger partial charge in [-0.2, -0.15) is 13.2 Å². The largest absolute Gasteiger partial charge is 0.489 e. The molecule has 0 saturated heterocycles. The third kappa shape index (κ3) is 3.42. The predicted octanol–water partition coefficient (Wildman–Crippen LogP) is 3.97. The number of rotatable bonds is 3. The van der Waals surface area contributed by atoms with Crippen LogP contribution in [0.1, 0.15) is 24.8 Å². The Bertz CT molecular complexity index is 450. The highest BCUT2D eigenvalue weighted by atomic mass is 79.9. The van der Waals surface area contributed by atoms with E-state index < -0.39 is 11.7 Å². The zero-order chi connectivity index (χ0) is 14.0. The van der Waals surface area contributed by atoms with Crippen LogP contribution in [0.15, 0.2) is 22.7 Å². The summed E-state index contributed by atoms with van der Waals surface area (Å²) >= 11 is 3.13. The molecule has 1 fully saturated rings. The second-order valence-electron chi connectivity index (χ2n) is 4.73. The van der Waals surface area contributed by atoms with E-state index in [1.807, 2.05) is 0 Å². The summed E-state index contributed by atoms with van der Waals surface area (Å²) in [6, 6.07) is 3.44. The summed E-state index contributed by atoms with van der Waals surface area (Å²) in [7, 11) is 0. The molecule has 1 aromatic rings. The summed E-state index contributed by atoms with van der Waals surface area (Å²) in [6.45, 7) is 0.545. The van der Waals surface area contributed by atoms with Crippen molar-refractivity contribution < 1.29 is 17.9 Å². The Morgan fingerprint density at radius 1 is 1.32 bits per heavy atom. The molecule has 0 radical (unpaired) electrons. The number of hydrogen-bond acceptors (Lipinski definition) is 2. The molecule has 2 atom stereocenters. The zero-order valence-electron chi connectivity index (χ0n) is 10.2. The van der Waals surface area contributed by atoms with Crippen molar-refractivity contribution >= 4 is 15.9 Å². The van der Waals surface area contributed by atoms with Crippen LogP contribution >= 0.6 is 15.9 Å². The van der Waals surface area contributed by atoms with Gasteiger partial charge in [-0.15, -0.1) is 0 Å². The van der Waals surface area contributed by atoms with Gasteiger partial charge < -0.3 is 10.5 Å². The van der Waals surface area contributed by atoms with Gasteiger partial charge in [-0.1, -0.05) is 0 Å². The first kappa shape index (κ1) is 14.7. The molecular weight excluding hydrogens is 323 g/mol. The Balaban J connectivity index is 2.13. The van der Waals surface area contributed by atoms with E-state index >= 15 is 0 Å². The lowest BCUT2D eigenvalue weighted by Crippen LogP contribution is -2.27. The van der Waals surface area contributed by atoms with Crippen LogP contribution in [0, 0.1) is 5.92 Å². The van der Waals surface area contributed by atoms with Gasteiger partial charge in [0.1, 0.15) is 11.9 Å². The highest BCUT2D eigenvalue weighted by Gasteiger charge is 2.32. The van der Waals surface area contributed by atoms with Crippen molar-refractivity contribution in [2.75, 3.05) is 6.54 Å². The van der Waals surface area contributed by atoms with Crippen LogP contribution in [0.4, 0.5) is 13.2 Å². The first-order chi connectivity index (χ1) is 8.91. The number of halogens is 4. The van der Waals surface area contributed by atoms with Crippen LogP contribution in [0.5, 0.6) is 5.75 Å². The molecule has 0 amide bonds. The first-order valence-corrected chi connectivity index (χ1v) is 6.94. The maximum Gasteiger partial charge on any atom is 0.416 e. The van der Waals surface area contributed by atoms with Crippen LogP contribution in [-0.2, 0) is 6.18 Å². The predicted molar refractivity (Wildman–Crippen MR) is 70.0 cm³/mol. The van der Waals surface area contributed by atoms with Crippen LogP contribution in [0.25, 0.3) is 0 Å². The quantitative estimate of drug-likeness (QED) is 0.905. The molecule has 19 heavy (non-hydrogen) atoms.